The van der Waals surface area contributed by atoms with Gasteiger partial charge in [-0.2, -0.15) is 10.2 Å². The van der Waals surface area contributed by atoms with Gasteiger partial charge in [0.1, 0.15) is 0 Å². The molecule has 3 atom stereocenters. The molecule has 0 spiro atoms. The molecule has 2 heterocycles. The lowest BCUT2D eigenvalue weighted by molar-refractivity contribution is -0.121. The van der Waals surface area contributed by atoms with Crippen LogP contribution in [0.1, 0.15) is 29.9 Å². The fourth-order valence-electron chi connectivity index (χ4n) is 4.67. The van der Waals surface area contributed by atoms with Crippen LogP contribution in [0, 0.1) is 0 Å². The molecule has 7 heteroatoms. The van der Waals surface area contributed by atoms with Gasteiger partial charge in [0, 0.05) is 37.7 Å². The Morgan fingerprint density at radius 1 is 1.09 bits per heavy atom. The first-order chi connectivity index (χ1) is 15.8. The largest absolute Gasteiger partial charge is 0.353 e. The number of hydrogen-bond donors (Lipinski definition) is 2. The minimum atomic E-state index is -0.675. The topological polar surface area (TPSA) is 78.3 Å². The van der Waals surface area contributed by atoms with E-state index < -0.39 is 6.17 Å². The third-order valence-electron chi connectivity index (χ3n) is 6.33. The highest BCUT2D eigenvalue weighted by Crippen LogP contribution is 2.42. The van der Waals surface area contributed by atoms with Gasteiger partial charge in [-0.3, -0.25) is 9.69 Å². The maximum Gasteiger partial charge on any atom is 0.266 e. The van der Waals surface area contributed by atoms with Gasteiger partial charge in [0.15, 0.2) is 6.23 Å². The standard InChI is InChI=1S/C25H29N5O2/c31-25(27-20-8-2-1-3-9-20)24(30-13-6-11-26-12-14-30)29-28-23-16-19-15-18-7-4-5-10-21(18)22(19)17-32-23/h1-5,7-10,15,22-24,26H,6,11-14,16-17H2,(H,27,31). The highest BCUT2D eigenvalue weighted by atomic mass is 16.5. The molecule has 2 N–H and O–H groups in total. The monoisotopic (exact) mass is 431 g/mol. The number of ether oxygens (including phenoxy) is 1. The quantitative estimate of drug-likeness (QED) is 0.709. The van der Waals surface area contributed by atoms with E-state index in [0.717, 1.165) is 38.3 Å². The number of nitrogens with zero attached hydrogens (tertiary/aromatic N) is 3. The summed E-state index contributed by atoms with van der Waals surface area (Å²) in [5.41, 5.74) is 4.70. The van der Waals surface area contributed by atoms with Crippen molar-refractivity contribution in [2.24, 2.45) is 10.2 Å². The molecule has 2 aliphatic heterocycles. The Kier molecular flexibility index (Phi) is 6.39. The van der Waals surface area contributed by atoms with Gasteiger partial charge >= 0.3 is 0 Å². The van der Waals surface area contributed by atoms with Crippen LogP contribution in [0.25, 0.3) is 6.08 Å². The summed E-state index contributed by atoms with van der Waals surface area (Å²) >= 11 is 0. The summed E-state index contributed by atoms with van der Waals surface area (Å²) in [5.74, 6) is 0.148. The summed E-state index contributed by atoms with van der Waals surface area (Å²) < 4.78 is 6.05. The zero-order chi connectivity index (χ0) is 21.8. The Balaban J connectivity index is 1.30. The van der Waals surface area contributed by atoms with E-state index in [4.69, 9.17) is 4.74 Å². The molecule has 2 fully saturated rings. The molecule has 5 rings (SSSR count). The summed E-state index contributed by atoms with van der Waals surface area (Å²) in [4.78, 5) is 15.2. The fourth-order valence-corrected chi connectivity index (χ4v) is 4.67. The first kappa shape index (κ1) is 21.0. The van der Waals surface area contributed by atoms with Crippen molar-refractivity contribution < 1.29 is 9.53 Å². The van der Waals surface area contributed by atoms with Crippen LogP contribution in [0.5, 0.6) is 0 Å². The van der Waals surface area contributed by atoms with Crippen LogP contribution in [0.4, 0.5) is 5.69 Å². The number of azo groups is 1. The highest BCUT2D eigenvalue weighted by Gasteiger charge is 2.33. The third-order valence-corrected chi connectivity index (χ3v) is 6.33. The molecule has 2 saturated heterocycles. The molecule has 0 bridgehead atoms. The second-order valence-electron chi connectivity index (χ2n) is 8.49. The van der Waals surface area contributed by atoms with Gasteiger partial charge in [0.2, 0.25) is 6.17 Å². The predicted molar refractivity (Wildman–Crippen MR) is 124 cm³/mol. The molecular formula is C25H29N5O2. The number of amides is 1. The van der Waals surface area contributed by atoms with Crippen molar-refractivity contribution in [2.75, 3.05) is 38.1 Å². The number of carbonyl (C=O) groups excluding carboxylic acids is 1. The van der Waals surface area contributed by atoms with Gasteiger partial charge in [-0.15, -0.1) is 0 Å². The van der Waals surface area contributed by atoms with E-state index in [1.807, 2.05) is 30.3 Å². The van der Waals surface area contributed by atoms with Crippen molar-refractivity contribution in [3.05, 3.63) is 71.3 Å². The van der Waals surface area contributed by atoms with E-state index in [0.29, 0.717) is 18.9 Å². The molecule has 2 aromatic rings. The Labute approximate surface area is 188 Å². The number of rotatable bonds is 5. The first-order valence-corrected chi connectivity index (χ1v) is 11.4. The van der Waals surface area contributed by atoms with E-state index >= 15 is 0 Å². The summed E-state index contributed by atoms with van der Waals surface area (Å²) in [6, 6.07) is 18.0. The molecule has 0 radical (unpaired) electrons. The summed E-state index contributed by atoms with van der Waals surface area (Å²) in [7, 11) is 0. The van der Waals surface area contributed by atoms with Gasteiger partial charge in [-0.25, -0.2) is 0 Å². The van der Waals surface area contributed by atoms with Crippen molar-refractivity contribution in [1.82, 2.24) is 10.2 Å². The molecule has 3 unspecified atom stereocenters. The van der Waals surface area contributed by atoms with E-state index in [9.17, 15) is 4.79 Å². The fraction of sp³-hybridized carbons (Fsp3) is 0.400. The van der Waals surface area contributed by atoms with E-state index in [1.165, 1.54) is 16.7 Å². The predicted octanol–water partition coefficient (Wildman–Crippen LogP) is 3.63. The molecule has 1 amide bonds. The average Bonchev–Trinajstić information content (AvgIpc) is 2.98. The number of hydrogen-bond acceptors (Lipinski definition) is 6. The molecule has 0 saturated carbocycles. The molecule has 7 nitrogen and oxygen atoms in total. The van der Waals surface area contributed by atoms with Crippen molar-refractivity contribution in [1.29, 1.82) is 0 Å². The van der Waals surface area contributed by atoms with Gasteiger partial charge in [0.25, 0.3) is 5.91 Å². The van der Waals surface area contributed by atoms with Crippen molar-refractivity contribution >= 4 is 17.7 Å². The van der Waals surface area contributed by atoms with Gasteiger partial charge < -0.3 is 15.4 Å². The summed E-state index contributed by atoms with van der Waals surface area (Å²) in [6.07, 6.45) is 2.90. The maximum atomic E-state index is 13.1. The van der Waals surface area contributed by atoms with Gasteiger partial charge in [-0.05, 0) is 36.2 Å². The zero-order valence-electron chi connectivity index (χ0n) is 18.1. The van der Waals surface area contributed by atoms with Crippen molar-refractivity contribution in [3.63, 3.8) is 0 Å². The molecule has 0 aromatic heterocycles. The smallest absolute Gasteiger partial charge is 0.266 e. The van der Waals surface area contributed by atoms with Crippen LogP contribution in [0.3, 0.4) is 0 Å². The molecular weight excluding hydrogens is 402 g/mol. The lowest BCUT2D eigenvalue weighted by Crippen LogP contribution is -2.44. The zero-order valence-corrected chi connectivity index (χ0v) is 18.1. The van der Waals surface area contributed by atoms with Crippen molar-refractivity contribution in [2.45, 2.75) is 31.2 Å². The Hall–Kier alpha value is -2.87. The minimum absolute atomic E-state index is 0.164. The number of anilines is 1. The molecule has 2 aromatic carbocycles. The number of nitrogens with one attached hydrogen (secondary N) is 2. The Morgan fingerprint density at radius 3 is 2.84 bits per heavy atom. The normalized spacial score (nSPS) is 24.3. The minimum Gasteiger partial charge on any atom is -0.353 e. The molecule has 3 aliphatic rings. The van der Waals surface area contributed by atoms with Crippen LogP contribution in [0.2, 0.25) is 0 Å². The van der Waals surface area contributed by atoms with Crippen LogP contribution in [0.15, 0.2) is 70.4 Å². The highest BCUT2D eigenvalue weighted by molar-refractivity contribution is 5.94. The van der Waals surface area contributed by atoms with Crippen LogP contribution in [-0.4, -0.2) is 56.0 Å². The molecule has 32 heavy (non-hydrogen) atoms. The van der Waals surface area contributed by atoms with E-state index in [2.05, 4.69) is 56.1 Å². The number of carbonyl (C=O) groups is 1. The number of fused-ring (bicyclic) bond motifs is 3. The maximum absolute atomic E-state index is 13.1. The van der Waals surface area contributed by atoms with Crippen LogP contribution < -0.4 is 10.6 Å². The lowest BCUT2D eigenvalue weighted by atomic mass is 9.92. The second-order valence-corrected chi connectivity index (χ2v) is 8.49. The molecule has 166 valence electrons. The second kappa shape index (κ2) is 9.73. The van der Waals surface area contributed by atoms with Crippen LogP contribution >= 0.6 is 0 Å². The SMILES string of the molecule is O=C(Nc1ccccc1)C(N=NC1CC2=Cc3ccccc3C2CO1)N1CCCNCC1. The average molecular weight is 432 g/mol. The summed E-state index contributed by atoms with van der Waals surface area (Å²) in [6.45, 7) is 3.92. The first-order valence-electron chi connectivity index (χ1n) is 11.4. The van der Waals surface area contributed by atoms with E-state index in [-0.39, 0.29) is 12.1 Å². The number of benzene rings is 2. The van der Waals surface area contributed by atoms with E-state index in [1.54, 1.807) is 0 Å². The van der Waals surface area contributed by atoms with Crippen molar-refractivity contribution in [3.8, 4) is 0 Å². The third kappa shape index (κ3) is 4.65. The summed E-state index contributed by atoms with van der Waals surface area (Å²) in [5, 5.41) is 15.4. The lowest BCUT2D eigenvalue weighted by Gasteiger charge is -2.28. The van der Waals surface area contributed by atoms with Gasteiger partial charge in [-0.1, -0.05) is 54.1 Å². The van der Waals surface area contributed by atoms with Gasteiger partial charge in [0.05, 0.1) is 6.61 Å². The number of para-hydroxylation sites is 1. The Morgan fingerprint density at radius 2 is 1.94 bits per heavy atom. The van der Waals surface area contributed by atoms with Crippen LogP contribution in [-0.2, 0) is 9.53 Å². The Bertz CT molecular complexity index is 998. The molecule has 1 aliphatic carbocycles.